The number of carbonyl (C=O) groups is 4. The van der Waals surface area contributed by atoms with Gasteiger partial charge in [-0.05, 0) is 37.2 Å². The van der Waals surface area contributed by atoms with Crippen molar-refractivity contribution in [3.8, 4) is 0 Å². The number of benzene rings is 1. The molecule has 1 aliphatic heterocycles. The van der Waals surface area contributed by atoms with E-state index in [4.69, 9.17) is 5.73 Å². The molecule has 2 rings (SSSR count). The molecule has 4 atom stereocenters. The van der Waals surface area contributed by atoms with Gasteiger partial charge in [-0.2, -0.15) is 12.6 Å². The fourth-order valence-corrected chi connectivity index (χ4v) is 4.14. The molecule has 0 aromatic heterocycles. The summed E-state index contributed by atoms with van der Waals surface area (Å²) >= 11 is 4.18. The Balaban J connectivity index is 2.04. The van der Waals surface area contributed by atoms with Crippen LogP contribution in [-0.2, 0) is 25.6 Å². The van der Waals surface area contributed by atoms with Crippen LogP contribution in [0.4, 0.5) is 0 Å². The number of hydrogen-bond donors (Lipinski definition) is 5. The molecule has 3 amide bonds. The van der Waals surface area contributed by atoms with Crippen molar-refractivity contribution in [1.29, 1.82) is 0 Å². The van der Waals surface area contributed by atoms with Gasteiger partial charge in [-0.15, -0.1) is 0 Å². The SMILES string of the molecule is CC(C)CC(NC(=O)C(CS)NC(=O)C(N)Cc1ccccc1)C(=O)N1CCCC1C(=O)O. The van der Waals surface area contributed by atoms with Crippen LogP contribution in [0.25, 0.3) is 0 Å². The van der Waals surface area contributed by atoms with Gasteiger partial charge in [0.05, 0.1) is 6.04 Å². The van der Waals surface area contributed by atoms with Crippen molar-refractivity contribution < 1.29 is 24.3 Å². The summed E-state index contributed by atoms with van der Waals surface area (Å²) in [5, 5.41) is 14.7. The Labute approximate surface area is 199 Å². The van der Waals surface area contributed by atoms with Gasteiger partial charge in [-0.3, -0.25) is 14.4 Å². The predicted molar refractivity (Wildman–Crippen MR) is 128 cm³/mol. The van der Waals surface area contributed by atoms with Crippen molar-refractivity contribution >= 4 is 36.3 Å². The lowest BCUT2D eigenvalue weighted by atomic mass is 10.0. The largest absolute Gasteiger partial charge is 0.480 e. The number of carbonyl (C=O) groups excluding carboxylic acids is 3. The predicted octanol–water partition coefficient (Wildman–Crippen LogP) is 0.578. The maximum absolute atomic E-state index is 13.1. The van der Waals surface area contributed by atoms with Crippen molar-refractivity contribution in [1.82, 2.24) is 15.5 Å². The Bertz CT molecular complexity index is 835. The maximum Gasteiger partial charge on any atom is 0.326 e. The minimum Gasteiger partial charge on any atom is -0.480 e. The van der Waals surface area contributed by atoms with Gasteiger partial charge in [0.2, 0.25) is 17.7 Å². The van der Waals surface area contributed by atoms with Crippen LogP contribution in [0.2, 0.25) is 0 Å². The van der Waals surface area contributed by atoms with Crippen LogP contribution in [0.1, 0.15) is 38.7 Å². The van der Waals surface area contributed by atoms with Gasteiger partial charge in [0, 0.05) is 12.3 Å². The number of rotatable bonds is 11. The highest BCUT2D eigenvalue weighted by atomic mass is 32.1. The normalized spacial score (nSPS) is 18.5. The van der Waals surface area contributed by atoms with Gasteiger partial charge in [0.1, 0.15) is 18.1 Å². The molecule has 1 heterocycles. The molecule has 5 N–H and O–H groups in total. The highest BCUT2D eigenvalue weighted by Crippen LogP contribution is 2.20. The summed E-state index contributed by atoms with van der Waals surface area (Å²) in [7, 11) is 0. The first-order valence-corrected chi connectivity index (χ1v) is 11.8. The Hall–Kier alpha value is -2.59. The fourth-order valence-electron chi connectivity index (χ4n) is 3.89. The number of nitrogens with one attached hydrogen (secondary N) is 2. The zero-order valence-electron chi connectivity index (χ0n) is 19.1. The first-order valence-electron chi connectivity index (χ1n) is 11.2. The molecule has 33 heavy (non-hydrogen) atoms. The molecule has 1 aromatic carbocycles. The number of carboxylic acids is 1. The fraction of sp³-hybridized carbons (Fsp3) is 0.565. The van der Waals surface area contributed by atoms with E-state index in [-0.39, 0.29) is 11.7 Å². The number of nitrogens with zero attached hydrogens (tertiary/aromatic N) is 1. The van der Waals surface area contributed by atoms with Crippen molar-refractivity contribution in [3.63, 3.8) is 0 Å². The first kappa shape index (κ1) is 26.7. The Morgan fingerprint density at radius 3 is 2.33 bits per heavy atom. The molecular formula is C23H34N4O5S. The lowest BCUT2D eigenvalue weighted by Crippen LogP contribution is -2.58. The van der Waals surface area contributed by atoms with E-state index in [0.717, 1.165) is 5.56 Å². The molecule has 0 bridgehead atoms. The second kappa shape index (κ2) is 12.6. The monoisotopic (exact) mass is 478 g/mol. The van der Waals surface area contributed by atoms with E-state index in [2.05, 4.69) is 23.3 Å². The molecule has 182 valence electrons. The van der Waals surface area contributed by atoms with Gasteiger partial charge in [0.25, 0.3) is 0 Å². The summed E-state index contributed by atoms with van der Waals surface area (Å²) in [5.41, 5.74) is 6.91. The van der Waals surface area contributed by atoms with E-state index in [1.165, 1.54) is 4.90 Å². The zero-order valence-corrected chi connectivity index (χ0v) is 20.0. The third kappa shape index (κ3) is 7.75. The molecule has 10 heteroatoms. The number of thiol groups is 1. The van der Waals surface area contributed by atoms with E-state index < -0.39 is 47.9 Å². The van der Waals surface area contributed by atoms with E-state index in [0.29, 0.717) is 32.2 Å². The van der Waals surface area contributed by atoms with Gasteiger partial charge in [0.15, 0.2) is 0 Å². The van der Waals surface area contributed by atoms with E-state index in [1.54, 1.807) is 0 Å². The van der Waals surface area contributed by atoms with Gasteiger partial charge in [-0.1, -0.05) is 44.2 Å². The van der Waals surface area contributed by atoms with Crippen molar-refractivity contribution in [2.45, 2.75) is 63.7 Å². The second-order valence-electron chi connectivity index (χ2n) is 8.76. The topological polar surface area (TPSA) is 142 Å². The lowest BCUT2D eigenvalue weighted by molar-refractivity contribution is -0.149. The number of likely N-dealkylation sites (tertiary alicyclic amines) is 1. The highest BCUT2D eigenvalue weighted by molar-refractivity contribution is 7.80. The second-order valence-corrected chi connectivity index (χ2v) is 9.12. The molecule has 1 aliphatic rings. The number of carboxylic acid groups (broad SMARTS) is 1. The Morgan fingerprint density at radius 1 is 1.12 bits per heavy atom. The van der Waals surface area contributed by atoms with Crippen LogP contribution in [0.3, 0.4) is 0 Å². The third-order valence-electron chi connectivity index (χ3n) is 5.59. The highest BCUT2D eigenvalue weighted by Gasteiger charge is 2.38. The van der Waals surface area contributed by atoms with E-state index in [1.807, 2.05) is 44.2 Å². The number of aliphatic carboxylic acids is 1. The quantitative estimate of drug-likeness (QED) is 0.295. The molecule has 9 nitrogen and oxygen atoms in total. The Kier molecular flexibility index (Phi) is 10.2. The summed E-state index contributed by atoms with van der Waals surface area (Å²) in [4.78, 5) is 51.4. The minimum atomic E-state index is -1.05. The average Bonchev–Trinajstić information content (AvgIpc) is 3.27. The summed E-state index contributed by atoms with van der Waals surface area (Å²) in [6, 6.07) is 5.68. The molecule has 0 spiro atoms. The molecule has 1 aromatic rings. The van der Waals surface area contributed by atoms with Gasteiger partial charge < -0.3 is 26.4 Å². The van der Waals surface area contributed by atoms with E-state index >= 15 is 0 Å². The molecule has 0 radical (unpaired) electrons. The summed E-state index contributed by atoms with van der Waals surface area (Å²) < 4.78 is 0. The van der Waals surface area contributed by atoms with Crippen molar-refractivity contribution in [2.75, 3.05) is 12.3 Å². The number of amides is 3. The zero-order chi connectivity index (χ0) is 24.5. The van der Waals surface area contributed by atoms with Crippen LogP contribution in [0.15, 0.2) is 30.3 Å². The van der Waals surface area contributed by atoms with Crippen LogP contribution in [0.5, 0.6) is 0 Å². The van der Waals surface area contributed by atoms with Gasteiger partial charge in [-0.25, -0.2) is 4.79 Å². The van der Waals surface area contributed by atoms with Crippen LogP contribution in [0, 0.1) is 5.92 Å². The third-order valence-corrected chi connectivity index (χ3v) is 5.96. The Morgan fingerprint density at radius 2 is 1.76 bits per heavy atom. The molecule has 1 fully saturated rings. The summed E-state index contributed by atoms with van der Waals surface area (Å²) in [6.07, 6.45) is 1.64. The lowest BCUT2D eigenvalue weighted by Gasteiger charge is -2.29. The standard InChI is InChI=1S/C23H34N4O5S/c1-14(2)11-17(22(30)27-10-6-9-19(27)23(31)32)25-21(29)18(13-33)26-20(28)16(24)12-15-7-4-3-5-8-15/h3-5,7-8,14,16-19,33H,6,9-13,24H2,1-2H3,(H,25,29)(H,26,28)(H,31,32). The average molecular weight is 479 g/mol. The summed E-state index contributed by atoms with van der Waals surface area (Å²) in [6.45, 7) is 4.15. The first-order chi connectivity index (χ1) is 15.6. The molecule has 0 aliphatic carbocycles. The maximum atomic E-state index is 13.1. The summed E-state index contributed by atoms with van der Waals surface area (Å²) in [5.74, 6) is -2.44. The van der Waals surface area contributed by atoms with Crippen LogP contribution < -0.4 is 16.4 Å². The molecule has 1 saturated heterocycles. The smallest absolute Gasteiger partial charge is 0.326 e. The van der Waals surface area contributed by atoms with E-state index in [9.17, 15) is 24.3 Å². The number of nitrogens with two attached hydrogens (primary N) is 1. The minimum absolute atomic E-state index is 0.0136. The number of hydrogen-bond acceptors (Lipinski definition) is 6. The van der Waals surface area contributed by atoms with Crippen molar-refractivity contribution in [3.05, 3.63) is 35.9 Å². The van der Waals surface area contributed by atoms with Crippen LogP contribution in [-0.4, -0.2) is 70.2 Å². The van der Waals surface area contributed by atoms with Crippen molar-refractivity contribution in [2.24, 2.45) is 11.7 Å². The molecular weight excluding hydrogens is 444 g/mol. The molecule has 0 saturated carbocycles. The van der Waals surface area contributed by atoms with Gasteiger partial charge >= 0.3 is 5.97 Å². The molecule has 4 unspecified atom stereocenters. The van der Waals surface area contributed by atoms with Crippen LogP contribution >= 0.6 is 12.6 Å².